The van der Waals surface area contributed by atoms with E-state index in [4.69, 9.17) is 10.2 Å². The number of nitrogens with zero attached hydrogens (tertiary/aromatic N) is 1. The molecule has 1 amide bonds. The van der Waals surface area contributed by atoms with Gasteiger partial charge in [0.05, 0.1) is 20.1 Å². The maximum Gasteiger partial charge on any atom is 0.358 e. The summed E-state index contributed by atoms with van der Waals surface area (Å²) in [7, 11) is 0. The van der Waals surface area contributed by atoms with E-state index in [2.05, 4.69) is 0 Å². The average Bonchev–Trinajstić information content (AvgIpc) is 1.87. The van der Waals surface area contributed by atoms with Gasteiger partial charge in [0, 0.05) is 0 Å². The summed E-state index contributed by atoms with van der Waals surface area (Å²) >= 11 is 0. The monoisotopic (exact) mass is 147 g/mol. The first-order valence-electron chi connectivity index (χ1n) is 3.19. The molecule has 59 valence electrons. The highest BCUT2D eigenvalue weighted by molar-refractivity contribution is 5.75. The summed E-state index contributed by atoms with van der Waals surface area (Å²) in [4.78, 5) is 12.0. The smallest absolute Gasteiger partial charge is 0.358 e. The van der Waals surface area contributed by atoms with Crippen molar-refractivity contribution in [2.75, 3.05) is 26.3 Å². The molecule has 0 aromatic carbocycles. The highest BCUT2D eigenvalue weighted by Crippen LogP contribution is 1.81. The van der Waals surface area contributed by atoms with Gasteiger partial charge < -0.3 is 10.2 Å². The van der Waals surface area contributed by atoms with Crippen molar-refractivity contribution < 1.29 is 15.0 Å². The minimum absolute atomic E-state index is 0.0560. The summed E-state index contributed by atoms with van der Waals surface area (Å²) < 4.78 is 0. The van der Waals surface area contributed by atoms with Crippen LogP contribution in [0.5, 0.6) is 0 Å². The third-order valence-corrected chi connectivity index (χ3v) is 1.19. The molecule has 4 nitrogen and oxygen atoms in total. The van der Waals surface area contributed by atoms with Gasteiger partial charge in [0.2, 0.25) is 0 Å². The van der Waals surface area contributed by atoms with Crippen LogP contribution < -0.4 is 4.90 Å². The van der Waals surface area contributed by atoms with Gasteiger partial charge in [-0.2, -0.15) is 0 Å². The molecule has 0 aliphatic heterocycles. The van der Waals surface area contributed by atoms with Crippen molar-refractivity contribution in [2.24, 2.45) is 0 Å². The number of carbonyl (C=O) groups excluding carboxylic acids is 1. The van der Waals surface area contributed by atoms with Crippen LogP contribution in [0.3, 0.4) is 0 Å². The fourth-order valence-corrected chi connectivity index (χ4v) is 0.668. The molecule has 10 heavy (non-hydrogen) atoms. The van der Waals surface area contributed by atoms with E-state index in [1.165, 1.54) is 11.8 Å². The molecule has 1 radical (unpaired) electrons. The second-order valence-corrected chi connectivity index (χ2v) is 1.95. The first-order chi connectivity index (χ1) is 4.72. The zero-order valence-corrected chi connectivity index (χ0v) is 6.08. The lowest BCUT2D eigenvalue weighted by molar-refractivity contribution is -0.124. The predicted molar refractivity (Wildman–Crippen MR) is 36.7 cm³/mol. The number of amides is 1. The van der Waals surface area contributed by atoms with Gasteiger partial charge in [-0.15, -0.1) is 0 Å². The predicted octanol–water partition coefficient (Wildman–Crippen LogP) is -1.34. The molecule has 0 saturated heterocycles. The Hall–Kier alpha value is -0.450. The van der Waals surface area contributed by atoms with Gasteiger partial charge in [0.25, 0.3) is 0 Å². The minimum atomic E-state index is -0.122. The van der Waals surface area contributed by atoms with Gasteiger partial charge in [0.1, 0.15) is 0 Å². The molecule has 0 aliphatic carbocycles. The van der Waals surface area contributed by atoms with Crippen LogP contribution in [0.2, 0.25) is 0 Å². The number of hydrogen-bond acceptors (Lipinski definition) is 3. The Morgan fingerprint density at radius 1 is 1.30 bits per heavy atom. The zero-order chi connectivity index (χ0) is 7.98. The summed E-state index contributed by atoms with van der Waals surface area (Å²) in [6.45, 7) is 1.90. The Bertz CT molecular complexity index is 99.2. The van der Waals surface area contributed by atoms with Gasteiger partial charge >= 0.3 is 5.91 Å². The molecule has 0 rings (SSSR count). The van der Waals surface area contributed by atoms with Crippen molar-refractivity contribution in [3.63, 3.8) is 0 Å². The standard InChI is InChI=1S/C6H13NO3/c1-6(10)7(2-4-8)3-5-9/h8-9H,2-5H2,1H3/q+1. The lowest BCUT2D eigenvalue weighted by Gasteiger charge is -2.03. The summed E-state index contributed by atoms with van der Waals surface area (Å²) in [5.74, 6) is -0.122. The molecule has 2 N–H and O–H groups in total. The third-order valence-electron chi connectivity index (χ3n) is 1.19. The van der Waals surface area contributed by atoms with Crippen molar-refractivity contribution in [1.29, 1.82) is 0 Å². The molecule has 0 fully saturated rings. The van der Waals surface area contributed by atoms with Gasteiger partial charge in [-0.25, -0.2) is 4.79 Å². The average molecular weight is 147 g/mol. The normalized spacial score (nSPS) is 10.4. The van der Waals surface area contributed by atoms with E-state index in [9.17, 15) is 4.79 Å². The first kappa shape index (κ1) is 9.55. The maximum atomic E-state index is 10.6. The van der Waals surface area contributed by atoms with Crippen LogP contribution >= 0.6 is 0 Å². The Morgan fingerprint density at radius 2 is 1.70 bits per heavy atom. The summed E-state index contributed by atoms with van der Waals surface area (Å²) in [5.41, 5.74) is 0. The number of rotatable bonds is 4. The SMILES string of the molecule is CC(=O)[N+](CCO)CCO. The van der Waals surface area contributed by atoms with E-state index in [1.54, 1.807) is 0 Å². The van der Waals surface area contributed by atoms with E-state index >= 15 is 0 Å². The summed E-state index contributed by atoms with van der Waals surface area (Å²) in [6.07, 6.45) is 0. The van der Waals surface area contributed by atoms with Gasteiger partial charge in [0.15, 0.2) is 13.1 Å². The third kappa shape index (κ3) is 3.55. The van der Waals surface area contributed by atoms with E-state index in [1.807, 2.05) is 0 Å². The van der Waals surface area contributed by atoms with E-state index in [0.717, 1.165) is 0 Å². The lowest BCUT2D eigenvalue weighted by atomic mass is 10.4. The van der Waals surface area contributed by atoms with Crippen molar-refractivity contribution in [1.82, 2.24) is 4.90 Å². The molecule has 0 unspecified atom stereocenters. The zero-order valence-electron chi connectivity index (χ0n) is 6.08. The highest BCUT2D eigenvalue weighted by Gasteiger charge is 2.18. The summed E-state index contributed by atoms with van der Waals surface area (Å²) in [5, 5.41) is 16.9. The number of aliphatic hydroxyl groups excluding tert-OH is 2. The van der Waals surface area contributed by atoms with E-state index < -0.39 is 0 Å². The Labute approximate surface area is 60.1 Å². The van der Waals surface area contributed by atoms with Crippen LogP contribution in [0, 0.1) is 0 Å². The fraction of sp³-hybridized carbons (Fsp3) is 0.833. The molecule has 0 saturated carbocycles. The number of aliphatic hydroxyl groups is 2. The molecule has 0 aromatic rings. The summed E-state index contributed by atoms with van der Waals surface area (Å²) in [6, 6.07) is 0. The maximum absolute atomic E-state index is 10.6. The van der Waals surface area contributed by atoms with Crippen LogP contribution in [-0.2, 0) is 4.79 Å². The fourth-order valence-electron chi connectivity index (χ4n) is 0.668. The lowest BCUT2D eigenvalue weighted by Crippen LogP contribution is -2.39. The van der Waals surface area contributed by atoms with Gasteiger partial charge in [-0.05, 0) is 0 Å². The highest BCUT2D eigenvalue weighted by atomic mass is 16.3. The Kier molecular flexibility index (Phi) is 5.10. The van der Waals surface area contributed by atoms with Crippen molar-refractivity contribution >= 4 is 5.91 Å². The largest absolute Gasteiger partial charge is 0.390 e. The quantitative estimate of drug-likeness (QED) is 0.484. The van der Waals surface area contributed by atoms with Crippen LogP contribution in [0.25, 0.3) is 0 Å². The minimum Gasteiger partial charge on any atom is -0.390 e. The van der Waals surface area contributed by atoms with Crippen molar-refractivity contribution in [3.05, 3.63) is 0 Å². The van der Waals surface area contributed by atoms with Crippen LogP contribution in [-0.4, -0.2) is 42.4 Å². The Morgan fingerprint density at radius 3 is 1.90 bits per heavy atom. The molecular formula is C6H13NO3+. The van der Waals surface area contributed by atoms with Crippen LogP contribution in [0.4, 0.5) is 0 Å². The van der Waals surface area contributed by atoms with Crippen LogP contribution in [0.15, 0.2) is 0 Å². The molecule has 4 heteroatoms. The Balaban J connectivity index is 3.61. The molecule has 0 bridgehead atoms. The molecule has 0 heterocycles. The molecular weight excluding hydrogens is 134 g/mol. The van der Waals surface area contributed by atoms with Gasteiger partial charge in [-0.1, -0.05) is 4.90 Å². The van der Waals surface area contributed by atoms with Gasteiger partial charge in [-0.3, -0.25) is 0 Å². The van der Waals surface area contributed by atoms with Crippen molar-refractivity contribution in [3.8, 4) is 0 Å². The topological polar surface area (TPSA) is 63.4 Å². The molecule has 0 spiro atoms. The number of hydrogen-bond donors (Lipinski definition) is 2. The van der Waals surface area contributed by atoms with E-state index in [0.29, 0.717) is 13.1 Å². The van der Waals surface area contributed by atoms with E-state index in [-0.39, 0.29) is 19.1 Å². The van der Waals surface area contributed by atoms with Crippen LogP contribution in [0.1, 0.15) is 6.92 Å². The number of carbonyl (C=O) groups is 1. The van der Waals surface area contributed by atoms with Crippen molar-refractivity contribution in [2.45, 2.75) is 6.92 Å². The molecule has 0 aromatic heterocycles. The second kappa shape index (κ2) is 5.34. The second-order valence-electron chi connectivity index (χ2n) is 1.95. The molecule has 0 atom stereocenters. The first-order valence-corrected chi connectivity index (χ1v) is 3.19. The molecule has 0 aliphatic rings.